The predicted molar refractivity (Wildman–Crippen MR) is 86.6 cm³/mol. The van der Waals surface area contributed by atoms with Crippen LogP contribution in [0.1, 0.15) is 12.5 Å². The fourth-order valence-electron chi connectivity index (χ4n) is 2.41. The van der Waals surface area contributed by atoms with Crippen LogP contribution in [0.2, 0.25) is 0 Å². The molecule has 1 aromatic rings. The zero-order valence-electron chi connectivity index (χ0n) is 13.3. The van der Waals surface area contributed by atoms with Crippen molar-refractivity contribution in [3.05, 3.63) is 35.9 Å². The molecule has 0 aromatic heterocycles. The average Bonchev–Trinajstić information content (AvgIpc) is 2.54. The smallest absolute Gasteiger partial charge is 0.315 e. The van der Waals surface area contributed by atoms with Crippen molar-refractivity contribution in [2.45, 2.75) is 25.6 Å². The molecule has 1 heterocycles. The Morgan fingerprint density at radius 1 is 1.39 bits per heavy atom. The molecule has 0 spiro atoms. The topological polar surface area (TPSA) is 96.7 Å². The minimum atomic E-state index is -0.697. The van der Waals surface area contributed by atoms with Crippen LogP contribution in [0.25, 0.3) is 0 Å². The SMILES string of the molecule is CC(NC(=O)NCC1CN(Cc2ccccc2)CCO1)C(N)=O. The van der Waals surface area contributed by atoms with E-state index in [9.17, 15) is 9.59 Å². The molecule has 2 unspecified atom stereocenters. The first-order valence-electron chi connectivity index (χ1n) is 7.76. The van der Waals surface area contributed by atoms with E-state index in [1.807, 2.05) is 18.2 Å². The fourth-order valence-corrected chi connectivity index (χ4v) is 2.41. The van der Waals surface area contributed by atoms with Gasteiger partial charge in [-0.1, -0.05) is 30.3 Å². The van der Waals surface area contributed by atoms with E-state index in [4.69, 9.17) is 10.5 Å². The molecule has 1 aliphatic heterocycles. The van der Waals surface area contributed by atoms with E-state index in [1.165, 1.54) is 5.56 Å². The first-order chi connectivity index (χ1) is 11.0. The molecule has 1 aromatic carbocycles. The Kier molecular flexibility index (Phi) is 6.37. The number of nitrogens with two attached hydrogens (primary N) is 1. The van der Waals surface area contributed by atoms with Crippen LogP contribution in [0.15, 0.2) is 30.3 Å². The highest BCUT2D eigenvalue weighted by Crippen LogP contribution is 2.10. The third-order valence-corrected chi connectivity index (χ3v) is 3.74. The molecular formula is C16H24N4O3. The molecule has 0 aliphatic carbocycles. The van der Waals surface area contributed by atoms with Gasteiger partial charge < -0.3 is 21.1 Å². The summed E-state index contributed by atoms with van der Waals surface area (Å²) in [5.74, 6) is -0.567. The average molecular weight is 320 g/mol. The van der Waals surface area contributed by atoms with Crippen LogP contribution in [0.5, 0.6) is 0 Å². The number of benzene rings is 1. The van der Waals surface area contributed by atoms with Crippen LogP contribution in [0.4, 0.5) is 4.79 Å². The molecule has 2 rings (SSSR count). The number of primary amides is 1. The van der Waals surface area contributed by atoms with E-state index in [1.54, 1.807) is 6.92 Å². The van der Waals surface area contributed by atoms with Gasteiger partial charge in [-0.15, -0.1) is 0 Å². The van der Waals surface area contributed by atoms with Gasteiger partial charge in [0.1, 0.15) is 6.04 Å². The third-order valence-electron chi connectivity index (χ3n) is 3.74. The lowest BCUT2D eigenvalue weighted by molar-refractivity contribution is -0.119. The first-order valence-corrected chi connectivity index (χ1v) is 7.76. The molecule has 126 valence electrons. The van der Waals surface area contributed by atoms with E-state index in [0.717, 1.165) is 19.6 Å². The maximum absolute atomic E-state index is 11.7. The fraction of sp³-hybridized carbons (Fsp3) is 0.500. The van der Waals surface area contributed by atoms with Crippen molar-refractivity contribution in [1.29, 1.82) is 0 Å². The van der Waals surface area contributed by atoms with E-state index in [-0.39, 0.29) is 6.10 Å². The van der Waals surface area contributed by atoms with Crippen LogP contribution in [0.3, 0.4) is 0 Å². The zero-order valence-corrected chi connectivity index (χ0v) is 13.3. The second-order valence-electron chi connectivity index (χ2n) is 5.69. The highest BCUT2D eigenvalue weighted by molar-refractivity contribution is 5.85. The molecule has 7 heteroatoms. The third kappa shape index (κ3) is 5.88. The maximum Gasteiger partial charge on any atom is 0.315 e. The van der Waals surface area contributed by atoms with Crippen molar-refractivity contribution in [2.24, 2.45) is 5.73 Å². The minimum Gasteiger partial charge on any atom is -0.374 e. The molecule has 2 atom stereocenters. The van der Waals surface area contributed by atoms with Crippen molar-refractivity contribution < 1.29 is 14.3 Å². The lowest BCUT2D eigenvalue weighted by Gasteiger charge is -2.33. The highest BCUT2D eigenvalue weighted by atomic mass is 16.5. The number of nitrogens with one attached hydrogen (secondary N) is 2. The van der Waals surface area contributed by atoms with Crippen molar-refractivity contribution >= 4 is 11.9 Å². The normalized spacial score (nSPS) is 19.8. The number of amides is 3. The van der Waals surface area contributed by atoms with Gasteiger partial charge in [0.15, 0.2) is 0 Å². The molecule has 0 bridgehead atoms. The molecule has 1 fully saturated rings. The Morgan fingerprint density at radius 2 is 2.13 bits per heavy atom. The Morgan fingerprint density at radius 3 is 2.83 bits per heavy atom. The second kappa shape index (κ2) is 8.50. The molecule has 7 nitrogen and oxygen atoms in total. The van der Waals surface area contributed by atoms with Gasteiger partial charge in [-0.3, -0.25) is 9.69 Å². The van der Waals surface area contributed by atoms with Gasteiger partial charge in [0.05, 0.1) is 12.7 Å². The summed E-state index contributed by atoms with van der Waals surface area (Å²) in [7, 11) is 0. The highest BCUT2D eigenvalue weighted by Gasteiger charge is 2.21. The minimum absolute atomic E-state index is 0.0675. The summed E-state index contributed by atoms with van der Waals surface area (Å²) in [4.78, 5) is 24.9. The number of hydrogen-bond donors (Lipinski definition) is 3. The van der Waals surface area contributed by atoms with E-state index in [2.05, 4.69) is 27.7 Å². The number of rotatable bonds is 6. The summed E-state index contributed by atoms with van der Waals surface area (Å²) in [5.41, 5.74) is 6.36. The quantitative estimate of drug-likeness (QED) is 0.690. The van der Waals surface area contributed by atoms with Crippen LogP contribution in [0, 0.1) is 0 Å². The van der Waals surface area contributed by atoms with Crippen LogP contribution in [-0.2, 0) is 16.1 Å². The lowest BCUT2D eigenvalue weighted by atomic mass is 10.2. The van der Waals surface area contributed by atoms with Gasteiger partial charge in [0, 0.05) is 26.2 Å². The molecule has 23 heavy (non-hydrogen) atoms. The molecule has 1 aliphatic rings. The molecule has 1 saturated heterocycles. The summed E-state index contributed by atoms with van der Waals surface area (Å²) in [5, 5.41) is 5.19. The lowest BCUT2D eigenvalue weighted by Crippen LogP contribution is -2.51. The Balaban J connectivity index is 1.73. The summed E-state index contributed by atoms with van der Waals surface area (Å²) < 4.78 is 5.67. The second-order valence-corrected chi connectivity index (χ2v) is 5.69. The first kappa shape index (κ1) is 17.2. The van der Waals surface area contributed by atoms with Gasteiger partial charge in [-0.2, -0.15) is 0 Å². The Labute approximate surface area is 136 Å². The number of morpholine rings is 1. The number of carbonyl (C=O) groups excluding carboxylic acids is 2. The zero-order chi connectivity index (χ0) is 16.7. The molecule has 0 saturated carbocycles. The summed E-state index contributed by atoms with van der Waals surface area (Å²) in [6.07, 6.45) is -0.0675. The van der Waals surface area contributed by atoms with E-state index in [0.29, 0.717) is 13.2 Å². The number of nitrogens with zero attached hydrogens (tertiary/aromatic N) is 1. The van der Waals surface area contributed by atoms with Gasteiger partial charge in [0.25, 0.3) is 0 Å². The molecular weight excluding hydrogens is 296 g/mol. The van der Waals surface area contributed by atoms with Crippen LogP contribution in [-0.4, -0.2) is 55.2 Å². The van der Waals surface area contributed by atoms with E-state index < -0.39 is 18.0 Å². The van der Waals surface area contributed by atoms with Gasteiger partial charge >= 0.3 is 6.03 Å². The summed E-state index contributed by atoms with van der Waals surface area (Å²) in [6.45, 7) is 5.06. The van der Waals surface area contributed by atoms with Crippen LogP contribution >= 0.6 is 0 Å². The van der Waals surface area contributed by atoms with E-state index >= 15 is 0 Å². The van der Waals surface area contributed by atoms with Crippen molar-refractivity contribution in [2.75, 3.05) is 26.2 Å². The maximum atomic E-state index is 11.7. The van der Waals surface area contributed by atoms with Crippen molar-refractivity contribution in [3.63, 3.8) is 0 Å². The van der Waals surface area contributed by atoms with Crippen molar-refractivity contribution in [1.82, 2.24) is 15.5 Å². The molecule has 4 N–H and O–H groups in total. The van der Waals surface area contributed by atoms with Crippen LogP contribution < -0.4 is 16.4 Å². The Bertz CT molecular complexity index is 523. The summed E-state index contributed by atoms with van der Waals surface area (Å²) >= 11 is 0. The number of carbonyl (C=O) groups is 2. The Hall–Kier alpha value is -2.12. The van der Waals surface area contributed by atoms with Gasteiger partial charge in [-0.05, 0) is 12.5 Å². The number of urea groups is 1. The largest absolute Gasteiger partial charge is 0.374 e. The van der Waals surface area contributed by atoms with Crippen molar-refractivity contribution in [3.8, 4) is 0 Å². The summed E-state index contributed by atoms with van der Waals surface area (Å²) in [6, 6.07) is 9.14. The number of hydrogen-bond acceptors (Lipinski definition) is 4. The molecule has 3 amide bonds. The van der Waals surface area contributed by atoms with Gasteiger partial charge in [0.2, 0.25) is 5.91 Å². The molecule has 0 radical (unpaired) electrons. The standard InChI is InChI=1S/C16H24N4O3/c1-12(15(17)21)19-16(22)18-9-14-11-20(7-8-23-14)10-13-5-3-2-4-6-13/h2-6,12,14H,7-11H2,1H3,(H2,17,21)(H2,18,19,22). The predicted octanol–water partition coefficient (Wildman–Crippen LogP) is 0.0604. The number of ether oxygens (including phenoxy) is 1. The van der Waals surface area contributed by atoms with Gasteiger partial charge in [-0.25, -0.2) is 4.79 Å². The monoisotopic (exact) mass is 320 g/mol.